The lowest BCUT2D eigenvalue weighted by Crippen LogP contribution is -2.53. The summed E-state index contributed by atoms with van der Waals surface area (Å²) in [6.07, 6.45) is 2.80. The summed E-state index contributed by atoms with van der Waals surface area (Å²) in [4.78, 5) is 0. The average molecular weight is 277 g/mol. The lowest BCUT2D eigenvalue weighted by molar-refractivity contribution is 0.0110. The van der Waals surface area contributed by atoms with Crippen LogP contribution in [0.15, 0.2) is 24.3 Å². The van der Waals surface area contributed by atoms with Crippen LogP contribution in [-0.2, 0) is 4.74 Å². The molecule has 0 radical (unpaired) electrons. The lowest BCUT2D eigenvalue weighted by atomic mass is 9.88. The van der Waals surface area contributed by atoms with Crippen LogP contribution in [0.1, 0.15) is 30.7 Å². The van der Waals surface area contributed by atoms with Gasteiger partial charge in [0.15, 0.2) is 0 Å². The van der Waals surface area contributed by atoms with E-state index in [4.69, 9.17) is 9.47 Å². The Morgan fingerprint density at radius 1 is 1.20 bits per heavy atom. The van der Waals surface area contributed by atoms with Gasteiger partial charge in [0.25, 0.3) is 0 Å². The lowest BCUT2D eigenvalue weighted by Gasteiger charge is -2.38. The topological polar surface area (TPSA) is 50.7 Å². The third-order valence-corrected chi connectivity index (χ3v) is 4.56. The van der Waals surface area contributed by atoms with Gasteiger partial charge < -0.3 is 19.9 Å². The number of hydrogen-bond acceptors (Lipinski definition) is 4. The van der Waals surface area contributed by atoms with Crippen LogP contribution in [0, 0.1) is 0 Å². The zero-order valence-corrected chi connectivity index (χ0v) is 11.8. The van der Waals surface area contributed by atoms with Crippen LogP contribution in [0.5, 0.6) is 5.75 Å². The summed E-state index contributed by atoms with van der Waals surface area (Å²) in [6.45, 7) is 3.32. The van der Waals surface area contributed by atoms with Crippen LogP contribution in [0.25, 0.3) is 0 Å². The number of nitrogens with one attached hydrogen (secondary N) is 1. The molecule has 4 heteroatoms. The molecule has 110 valence electrons. The first-order chi connectivity index (χ1) is 9.83. The molecule has 0 aromatic heterocycles. The van der Waals surface area contributed by atoms with Gasteiger partial charge in [-0.15, -0.1) is 0 Å². The highest BCUT2D eigenvalue weighted by atomic mass is 16.5. The van der Waals surface area contributed by atoms with E-state index in [0.717, 1.165) is 51.4 Å². The monoisotopic (exact) mass is 277 g/mol. The smallest absolute Gasteiger partial charge is 0.122 e. The minimum absolute atomic E-state index is 0.161. The molecule has 3 rings (SSSR count). The number of rotatable bonds is 4. The van der Waals surface area contributed by atoms with Crippen molar-refractivity contribution in [3.05, 3.63) is 29.8 Å². The van der Waals surface area contributed by atoms with Gasteiger partial charge in [-0.05, 0) is 30.9 Å². The fourth-order valence-corrected chi connectivity index (χ4v) is 3.12. The van der Waals surface area contributed by atoms with E-state index in [2.05, 4.69) is 17.4 Å². The molecule has 1 saturated heterocycles. The molecule has 1 aromatic rings. The van der Waals surface area contributed by atoms with E-state index < -0.39 is 0 Å². The standard InChI is InChI=1S/C16H23NO3/c18-12-16(6-9-19-10-7-16)17-11-13-5-8-20-15-4-2-1-3-14(13)15/h1-4,13,17-18H,5-12H2. The Morgan fingerprint density at radius 2 is 2.00 bits per heavy atom. The minimum atomic E-state index is -0.161. The van der Waals surface area contributed by atoms with Gasteiger partial charge in [0.2, 0.25) is 0 Å². The third-order valence-electron chi connectivity index (χ3n) is 4.56. The molecule has 4 nitrogen and oxygen atoms in total. The SMILES string of the molecule is OCC1(NCC2CCOc3ccccc32)CCOCC1. The summed E-state index contributed by atoms with van der Waals surface area (Å²) in [7, 11) is 0. The number of aliphatic hydroxyl groups is 1. The second-order valence-corrected chi connectivity index (χ2v) is 5.80. The molecular weight excluding hydrogens is 254 g/mol. The maximum Gasteiger partial charge on any atom is 0.122 e. The normalized spacial score (nSPS) is 24.8. The van der Waals surface area contributed by atoms with Gasteiger partial charge in [0, 0.05) is 31.2 Å². The van der Waals surface area contributed by atoms with Gasteiger partial charge in [-0.2, -0.15) is 0 Å². The quantitative estimate of drug-likeness (QED) is 0.879. The molecule has 0 amide bonds. The molecule has 0 saturated carbocycles. The Morgan fingerprint density at radius 3 is 2.80 bits per heavy atom. The van der Waals surface area contributed by atoms with Gasteiger partial charge >= 0.3 is 0 Å². The molecule has 2 aliphatic heterocycles. The summed E-state index contributed by atoms with van der Waals surface area (Å²) in [6, 6.07) is 8.27. The van der Waals surface area contributed by atoms with Gasteiger partial charge in [-0.1, -0.05) is 18.2 Å². The van der Waals surface area contributed by atoms with E-state index in [1.807, 2.05) is 12.1 Å². The van der Waals surface area contributed by atoms with Gasteiger partial charge in [0.05, 0.1) is 13.2 Å². The second kappa shape index (κ2) is 6.12. The van der Waals surface area contributed by atoms with Crippen molar-refractivity contribution in [3.8, 4) is 5.75 Å². The summed E-state index contributed by atoms with van der Waals surface area (Å²) in [5, 5.41) is 13.3. The van der Waals surface area contributed by atoms with Gasteiger partial charge in [-0.3, -0.25) is 0 Å². The van der Waals surface area contributed by atoms with Crippen molar-refractivity contribution in [1.82, 2.24) is 5.32 Å². The Labute approximate surface area is 120 Å². The first kappa shape index (κ1) is 13.9. The van der Waals surface area contributed by atoms with Crippen LogP contribution in [0.2, 0.25) is 0 Å². The van der Waals surface area contributed by atoms with E-state index >= 15 is 0 Å². The molecule has 0 spiro atoms. The van der Waals surface area contributed by atoms with Crippen LogP contribution in [0.4, 0.5) is 0 Å². The summed E-state index contributed by atoms with van der Waals surface area (Å²) >= 11 is 0. The summed E-state index contributed by atoms with van der Waals surface area (Å²) in [5.74, 6) is 1.47. The average Bonchev–Trinajstić information content (AvgIpc) is 2.54. The highest BCUT2D eigenvalue weighted by Gasteiger charge is 2.33. The molecule has 2 aliphatic rings. The second-order valence-electron chi connectivity index (χ2n) is 5.80. The number of para-hydroxylation sites is 1. The van der Waals surface area contributed by atoms with Crippen molar-refractivity contribution in [2.24, 2.45) is 0 Å². The highest BCUT2D eigenvalue weighted by molar-refractivity contribution is 5.38. The van der Waals surface area contributed by atoms with Crippen LogP contribution in [0.3, 0.4) is 0 Å². The predicted molar refractivity (Wildman–Crippen MR) is 77.2 cm³/mol. The van der Waals surface area contributed by atoms with Crippen LogP contribution in [-0.4, -0.2) is 43.6 Å². The number of benzene rings is 1. The van der Waals surface area contributed by atoms with E-state index in [1.165, 1.54) is 5.56 Å². The van der Waals surface area contributed by atoms with Crippen LogP contribution >= 0.6 is 0 Å². The first-order valence-electron chi connectivity index (χ1n) is 7.48. The minimum Gasteiger partial charge on any atom is -0.493 e. The predicted octanol–water partition coefficient (Wildman–Crippen LogP) is 1.68. The van der Waals surface area contributed by atoms with Gasteiger partial charge in [-0.25, -0.2) is 0 Å². The number of fused-ring (bicyclic) bond motifs is 1. The molecule has 1 atom stereocenters. The molecule has 1 unspecified atom stereocenters. The number of aliphatic hydroxyl groups excluding tert-OH is 1. The van der Waals surface area contributed by atoms with Crippen molar-refractivity contribution in [2.45, 2.75) is 30.7 Å². The summed E-state index contributed by atoms with van der Waals surface area (Å²) < 4.78 is 11.1. The maximum absolute atomic E-state index is 9.72. The Balaban J connectivity index is 1.66. The molecule has 0 bridgehead atoms. The fraction of sp³-hybridized carbons (Fsp3) is 0.625. The largest absolute Gasteiger partial charge is 0.493 e. The van der Waals surface area contributed by atoms with E-state index in [1.54, 1.807) is 0 Å². The van der Waals surface area contributed by atoms with Crippen molar-refractivity contribution in [3.63, 3.8) is 0 Å². The Kier molecular flexibility index (Phi) is 4.24. The number of ether oxygens (including phenoxy) is 2. The van der Waals surface area contributed by atoms with Crippen molar-refractivity contribution >= 4 is 0 Å². The zero-order chi connectivity index (χ0) is 13.8. The molecular formula is C16H23NO3. The Hall–Kier alpha value is -1.10. The first-order valence-corrected chi connectivity index (χ1v) is 7.48. The van der Waals surface area contributed by atoms with E-state index in [9.17, 15) is 5.11 Å². The molecule has 2 heterocycles. The van der Waals surface area contributed by atoms with Crippen molar-refractivity contribution in [1.29, 1.82) is 0 Å². The maximum atomic E-state index is 9.72. The van der Waals surface area contributed by atoms with E-state index in [-0.39, 0.29) is 12.1 Å². The molecule has 0 aliphatic carbocycles. The molecule has 2 N–H and O–H groups in total. The van der Waals surface area contributed by atoms with Crippen molar-refractivity contribution in [2.75, 3.05) is 33.0 Å². The van der Waals surface area contributed by atoms with Crippen molar-refractivity contribution < 1.29 is 14.6 Å². The highest BCUT2D eigenvalue weighted by Crippen LogP contribution is 2.33. The number of hydrogen-bond donors (Lipinski definition) is 2. The Bertz CT molecular complexity index is 443. The van der Waals surface area contributed by atoms with Crippen LogP contribution < -0.4 is 10.1 Å². The molecule has 1 aromatic carbocycles. The zero-order valence-electron chi connectivity index (χ0n) is 11.8. The molecule has 1 fully saturated rings. The van der Waals surface area contributed by atoms with Gasteiger partial charge in [0.1, 0.15) is 5.75 Å². The summed E-state index contributed by atoms with van der Waals surface area (Å²) in [5.41, 5.74) is 1.12. The third kappa shape index (κ3) is 2.82. The molecule has 20 heavy (non-hydrogen) atoms. The fourth-order valence-electron chi connectivity index (χ4n) is 3.12. The van der Waals surface area contributed by atoms with E-state index in [0.29, 0.717) is 5.92 Å².